The quantitative estimate of drug-likeness (QED) is 0.0267. The molecule has 0 fully saturated rings. The van der Waals surface area contributed by atoms with Gasteiger partial charge in [0.1, 0.15) is 13.2 Å². The molecule has 0 rings (SSSR count). The Balaban J connectivity index is 4.48. The van der Waals surface area contributed by atoms with Crippen molar-refractivity contribution in [3.8, 4) is 0 Å². The minimum atomic E-state index is -0.814. The van der Waals surface area contributed by atoms with E-state index in [4.69, 9.17) is 14.2 Å². The van der Waals surface area contributed by atoms with Crippen molar-refractivity contribution >= 4 is 17.9 Å². The van der Waals surface area contributed by atoms with E-state index in [1.54, 1.807) is 6.08 Å². The molecule has 1 atom stereocenters. The molecule has 0 aromatic carbocycles. The zero-order chi connectivity index (χ0) is 40.8. The third-order valence-corrected chi connectivity index (χ3v) is 9.48. The Morgan fingerprint density at radius 3 is 1.23 bits per heavy atom. The van der Waals surface area contributed by atoms with E-state index in [-0.39, 0.29) is 31.6 Å². The fraction of sp³-hybridized carbons (Fsp3) is 0.700. The molecule has 0 bridgehead atoms. The molecule has 0 aliphatic heterocycles. The topological polar surface area (TPSA) is 78.9 Å². The first-order chi connectivity index (χ1) is 27.5. The van der Waals surface area contributed by atoms with Crippen molar-refractivity contribution in [1.82, 2.24) is 0 Å². The van der Waals surface area contributed by atoms with Gasteiger partial charge in [-0.1, -0.05) is 190 Å². The standard InChI is InChI=1S/C50H84O6/c1-4-7-10-13-16-19-21-23-25-27-29-31-34-37-40-43-49(52)55-46-47(45-54-48(51)42-39-36-33-18-15-12-9-6-3)56-50(53)44-41-38-35-32-30-28-26-24-22-20-17-14-11-8-5-2/h7,10,16,19,23-26,29,31,37,40,47H,4-6,8-9,11-15,17-18,20-22,27-28,30,32-36,38-39,41-46H2,1-3H3/b10-7-,19-16-,25-23-,26-24-,31-29-,40-37-. The lowest BCUT2D eigenvalue weighted by Crippen LogP contribution is -2.30. The number of rotatable bonds is 40. The van der Waals surface area contributed by atoms with Gasteiger partial charge in [0.05, 0.1) is 6.42 Å². The lowest BCUT2D eigenvalue weighted by Gasteiger charge is -2.18. The zero-order valence-electron chi connectivity index (χ0n) is 36.4. The summed E-state index contributed by atoms with van der Waals surface area (Å²) in [5.41, 5.74) is 0. The van der Waals surface area contributed by atoms with E-state index >= 15 is 0 Å². The number of carbonyl (C=O) groups excluding carboxylic acids is 3. The Morgan fingerprint density at radius 1 is 0.393 bits per heavy atom. The second kappa shape index (κ2) is 44.6. The second-order valence-electron chi connectivity index (χ2n) is 14.9. The third-order valence-electron chi connectivity index (χ3n) is 9.48. The summed E-state index contributed by atoms with van der Waals surface area (Å²) in [6, 6.07) is 0. The molecular formula is C50H84O6. The molecule has 320 valence electrons. The first kappa shape index (κ1) is 52.9. The fourth-order valence-electron chi connectivity index (χ4n) is 6.04. The van der Waals surface area contributed by atoms with E-state index in [1.807, 2.05) is 6.08 Å². The summed E-state index contributed by atoms with van der Waals surface area (Å²) >= 11 is 0. The van der Waals surface area contributed by atoms with Crippen LogP contribution in [0, 0.1) is 0 Å². The van der Waals surface area contributed by atoms with Gasteiger partial charge in [-0.05, 0) is 70.6 Å². The molecule has 0 N–H and O–H groups in total. The monoisotopic (exact) mass is 781 g/mol. The van der Waals surface area contributed by atoms with Gasteiger partial charge in [-0.3, -0.25) is 14.4 Å². The van der Waals surface area contributed by atoms with Gasteiger partial charge < -0.3 is 14.2 Å². The highest BCUT2D eigenvalue weighted by atomic mass is 16.6. The van der Waals surface area contributed by atoms with Crippen LogP contribution in [0.3, 0.4) is 0 Å². The molecule has 0 amide bonds. The predicted molar refractivity (Wildman–Crippen MR) is 238 cm³/mol. The summed E-state index contributed by atoms with van der Waals surface area (Å²) in [5.74, 6) is -1.06. The van der Waals surface area contributed by atoms with Gasteiger partial charge in [0, 0.05) is 12.8 Å². The minimum Gasteiger partial charge on any atom is -0.462 e. The summed E-state index contributed by atoms with van der Waals surface area (Å²) < 4.78 is 16.6. The van der Waals surface area contributed by atoms with Crippen LogP contribution in [0.1, 0.15) is 207 Å². The molecule has 0 aliphatic rings. The molecule has 6 nitrogen and oxygen atoms in total. The maximum Gasteiger partial charge on any atom is 0.309 e. The second-order valence-corrected chi connectivity index (χ2v) is 14.9. The molecule has 1 unspecified atom stereocenters. The number of esters is 3. The van der Waals surface area contributed by atoms with Gasteiger partial charge >= 0.3 is 17.9 Å². The van der Waals surface area contributed by atoms with Crippen molar-refractivity contribution in [3.63, 3.8) is 0 Å². The normalized spacial score (nSPS) is 12.7. The Hall–Kier alpha value is -3.15. The number of hydrogen-bond donors (Lipinski definition) is 0. The fourth-order valence-corrected chi connectivity index (χ4v) is 6.04. The Labute approximate surface area is 344 Å². The predicted octanol–water partition coefficient (Wildman–Crippen LogP) is 14.7. The van der Waals surface area contributed by atoms with Gasteiger partial charge in [-0.25, -0.2) is 0 Å². The first-order valence-corrected chi connectivity index (χ1v) is 22.9. The Bertz CT molecular complexity index is 1080. The molecule has 0 aromatic heterocycles. The van der Waals surface area contributed by atoms with E-state index in [2.05, 4.69) is 81.5 Å². The summed E-state index contributed by atoms with van der Waals surface area (Å²) in [7, 11) is 0. The van der Waals surface area contributed by atoms with E-state index < -0.39 is 12.1 Å². The van der Waals surface area contributed by atoms with Crippen LogP contribution in [-0.4, -0.2) is 37.2 Å². The van der Waals surface area contributed by atoms with Gasteiger partial charge in [0.15, 0.2) is 6.10 Å². The van der Waals surface area contributed by atoms with Gasteiger partial charge in [0.25, 0.3) is 0 Å². The highest BCUT2D eigenvalue weighted by Crippen LogP contribution is 2.13. The molecule has 0 radical (unpaired) electrons. The largest absolute Gasteiger partial charge is 0.462 e. The Morgan fingerprint density at radius 2 is 0.768 bits per heavy atom. The van der Waals surface area contributed by atoms with E-state index in [9.17, 15) is 14.4 Å². The number of hydrogen-bond acceptors (Lipinski definition) is 6. The first-order valence-electron chi connectivity index (χ1n) is 22.9. The maximum atomic E-state index is 12.7. The van der Waals surface area contributed by atoms with Crippen molar-refractivity contribution in [2.75, 3.05) is 13.2 Å². The Kier molecular flexibility index (Phi) is 42.1. The van der Waals surface area contributed by atoms with Crippen molar-refractivity contribution in [1.29, 1.82) is 0 Å². The average Bonchev–Trinajstić information content (AvgIpc) is 3.19. The van der Waals surface area contributed by atoms with Crippen molar-refractivity contribution in [3.05, 3.63) is 72.9 Å². The van der Waals surface area contributed by atoms with Crippen LogP contribution in [0.2, 0.25) is 0 Å². The molecule has 6 heteroatoms. The zero-order valence-corrected chi connectivity index (χ0v) is 36.4. The lowest BCUT2D eigenvalue weighted by molar-refractivity contribution is -0.166. The molecule has 0 aliphatic carbocycles. The third kappa shape index (κ3) is 42.0. The summed E-state index contributed by atoms with van der Waals surface area (Å²) in [5, 5.41) is 0. The highest BCUT2D eigenvalue weighted by molar-refractivity contribution is 5.72. The van der Waals surface area contributed by atoms with Crippen LogP contribution in [0.25, 0.3) is 0 Å². The van der Waals surface area contributed by atoms with E-state index in [1.165, 1.54) is 83.5 Å². The van der Waals surface area contributed by atoms with Crippen LogP contribution in [-0.2, 0) is 28.6 Å². The van der Waals surface area contributed by atoms with Crippen LogP contribution < -0.4 is 0 Å². The molecule has 0 saturated carbocycles. The van der Waals surface area contributed by atoms with E-state index in [0.29, 0.717) is 12.8 Å². The van der Waals surface area contributed by atoms with Crippen LogP contribution >= 0.6 is 0 Å². The summed E-state index contributed by atoms with van der Waals surface area (Å²) in [6.07, 6.45) is 54.9. The number of unbranched alkanes of at least 4 members (excludes halogenated alkanes) is 18. The van der Waals surface area contributed by atoms with Gasteiger partial charge in [-0.15, -0.1) is 0 Å². The molecule has 0 heterocycles. The SMILES string of the molecule is CC/C=C\C/C=C\C/C=C\C/C=C\C/C=C\CC(=O)OCC(COC(=O)CCCCCCCCCC)OC(=O)CCCCCCC/C=C\CCCCCCCC. The smallest absolute Gasteiger partial charge is 0.309 e. The van der Waals surface area contributed by atoms with Gasteiger partial charge in [0.2, 0.25) is 0 Å². The van der Waals surface area contributed by atoms with Crippen molar-refractivity contribution in [2.24, 2.45) is 0 Å². The summed E-state index contributed by atoms with van der Waals surface area (Å²) in [4.78, 5) is 37.6. The molecule has 0 saturated heterocycles. The highest BCUT2D eigenvalue weighted by Gasteiger charge is 2.19. The lowest BCUT2D eigenvalue weighted by atomic mass is 10.1. The van der Waals surface area contributed by atoms with Crippen molar-refractivity contribution < 1.29 is 28.6 Å². The van der Waals surface area contributed by atoms with Crippen LogP contribution in [0.5, 0.6) is 0 Å². The number of carbonyl (C=O) groups is 3. The molecule has 56 heavy (non-hydrogen) atoms. The minimum absolute atomic E-state index is 0.108. The van der Waals surface area contributed by atoms with Crippen LogP contribution in [0.15, 0.2) is 72.9 Å². The molecule has 0 spiro atoms. The average molecular weight is 781 g/mol. The number of ether oxygens (including phenoxy) is 3. The summed E-state index contributed by atoms with van der Waals surface area (Å²) in [6.45, 7) is 6.37. The van der Waals surface area contributed by atoms with Gasteiger partial charge in [-0.2, -0.15) is 0 Å². The molecular weight excluding hydrogens is 697 g/mol. The van der Waals surface area contributed by atoms with E-state index in [0.717, 1.165) is 83.5 Å². The van der Waals surface area contributed by atoms with Crippen molar-refractivity contribution in [2.45, 2.75) is 213 Å². The van der Waals surface area contributed by atoms with Crippen LogP contribution in [0.4, 0.5) is 0 Å². The molecule has 0 aromatic rings. The number of allylic oxidation sites excluding steroid dienone is 11. The maximum absolute atomic E-state index is 12.7.